The summed E-state index contributed by atoms with van der Waals surface area (Å²) in [6.07, 6.45) is 1.34. The summed E-state index contributed by atoms with van der Waals surface area (Å²) in [5.41, 5.74) is 1.59. The van der Waals surface area contributed by atoms with Crippen LogP contribution in [0.5, 0.6) is 0 Å². The van der Waals surface area contributed by atoms with Gasteiger partial charge in [-0.25, -0.2) is 14.8 Å². The molecule has 0 atom stereocenters. The van der Waals surface area contributed by atoms with Gasteiger partial charge in [-0.05, 0) is 13.8 Å². The van der Waals surface area contributed by atoms with E-state index in [1.54, 1.807) is 13.0 Å². The highest BCUT2D eigenvalue weighted by atomic mass is 16.4. The molecule has 5 nitrogen and oxygen atoms in total. The number of carboxylic acids is 1. The first kappa shape index (κ1) is 8.68. The van der Waals surface area contributed by atoms with Gasteiger partial charge in [0.15, 0.2) is 5.69 Å². The van der Waals surface area contributed by atoms with Gasteiger partial charge in [0.2, 0.25) is 0 Å². The fraction of sp³-hybridized carbons (Fsp3) is 0.222. The van der Waals surface area contributed by atoms with Gasteiger partial charge in [-0.3, -0.25) is 4.40 Å². The van der Waals surface area contributed by atoms with E-state index in [4.69, 9.17) is 5.11 Å². The van der Waals surface area contributed by atoms with Crippen molar-refractivity contribution in [2.45, 2.75) is 13.8 Å². The van der Waals surface area contributed by atoms with Crippen molar-refractivity contribution >= 4 is 11.6 Å². The van der Waals surface area contributed by atoms with Crippen LogP contribution >= 0.6 is 0 Å². The zero-order chi connectivity index (χ0) is 10.3. The molecular weight excluding hydrogens is 182 g/mol. The molecule has 1 N–H and O–H groups in total. The molecule has 0 fully saturated rings. The second-order valence-electron chi connectivity index (χ2n) is 3.09. The van der Waals surface area contributed by atoms with Crippen molar-refractivity contribution in [3.8, 4) is 0 Å². The Balaban J connectivity index is 2.85. The van der Waals surface area contributed by atoms with Crippen molar-refractivity contribution in [3.63, 3.8) is 0 Å². The van der Waals surface area contributed by atoms with Crippen LogP contribution in [0, 0.1) is 13.8 Å². The Hall–Kier alpha value is -1.91. The minimum atomic E-state index is -0.994. The van der Waals surface area contributed by atoms with Crippen LogP contribution < -0.4 is 0 Å². The summed E-state index contributed by atoms with van der Waals surface area (Å²) in [5, 5.41) is 8.88. The van der Waals surface area contributed by atoms with E-state index >= 15 is 0 Å². The Morgan fingerprint density at radius 3 is 2.86 bits per heavy atom. The maximum atomic E-state index is 10.8. The van der Waals surface area contributed by atoms with E-state index in [9.17, 15) is 4.79 Å². The summed E-state index contributed by atoms with van der Waals surface area (Å²) >= 11 is 0. The van der Waals surface area contributed by atoms with Crippen LogP contribution in [0.3, 0.4) is 0 Å². The van der Waals surface area contributed by atoms with Crippen LogP contribution in [0.25, 0.3) is 5.65 Å². The summed E-state index contributed by atoms with van der Waals surface area (Å²) in [4.78, 5) is 19.0. The lowest BCUT2D eigenvalue weighted by Gasteiger charge is -2.02. The van der Waals surface area contributed by atoms with Crippen LogP contribution in [0.2, 0.25) is 0 Å². The smallest absolute Gasteiger partial charge is 0.354 e. The van der Waals surface area contributed by atoms with Gasteiger partial charge in [0, 0.05) is 11.8 Å². The molecule has 0 saturated heterocycles. The number of rotatable bonds is 1. The highest BCUT2D eigenvalue weighted by Gasteiger charge is 2.12. The van der Waals surface area contributed by atoms with Crippen molar-refractivity contribution in [1.29, 1.82) is 0 Å². The van der Waals surface area contributed by atoms with Crippen molar-refractivity contribution < 1.29 is 9.90 Å². The molecule has 5 heteroatoms. The van der Waals surface area contributed by atoms with Gasteiger partial charge in [0.05, 0.1) is 6.20 Å². The summed E-state index contributed by atoms with van der Waals surface area (Å²) < 4.78 is 1.52. The number of fused-ring (bicyclic) bond motifs is 1. The average Bonchev–Trinajstić information content (AvgIpc) is 2.47. The minimum absolute atomic E-state index is 0.144. The van der Waals surface area contributed by atoms with E-state index in [1.807, 2.05) is 6.92 Å². The largest absolute Gasteiger partial charge is 0.477 e. The Morgan fingerprint density at radius 1 is 1.50 bits per heavy atom. The van der Waals surface area contributed by atoms with Gasteiger partial charge in [-0.2, -0.15) is 0 Å². The molecule has 0 saturated carbocycles. The summed E-state index contributed by atoms with van der Waals surface area (Å²) in [7, 11) is 0. The number of carboxylic acid groups (broad SMARTS) is 1. The summed E-state index contributed by atoms with van der Waals surface area (Å²) in [6.45, 7) is 3.61. The maximum Gasteiger partial charge on any atom is 0.354 e. The standard InChI is InChI=1S/C9H9N3O2/c1-5-3-8-10-4-7(9(13)14)12(8)6(2)11-5/h3-4H,1-2H3,(H,13,14). The van der Waals surface area contributed by atoms with Gasteiger partial charge in [-0.15, -0.1) is 0 Å². The first-order chi connectivity index (χ1) is 6.59. The molecule has 0 spiro atoms. The topological polar surface area (TPSA) is 67.5 Å². The predicted octanol–water partition coefficient (Wildman–Crippen LogP) is 1.04. The number of imidazole rings is 1. The number of aryl methyl sites for hydroxylation is 2. The second-order valence-corrected chi connectivity index (χ2v) is 3.09. The maximum absolute atomic E-state index is 10.8. The number of carbonyl (C=O) groups is 1. The lowest BCUT2D eigenvalue weighted by molar-refractivity contribution is 0.0689. The van der Waals surface area contributed by atoms with Gasteiger partial charge < -0.3 is 5.11 Å². The average molecular weight is 191 g/mol. The van der Waals surface area contributed by atoms with Crippen LogP contribution in [0.4, 0.5) is 0 Å². The fourth-order valence-corrected chi connectivity index (χ4v) is 1.48. The van der Waals surface area contributed by atoms with Crippen LogP contribution in [0.15, 0.2) is 12.3 Å². The molecule has 0 bridgehead atoms. The Kier molecular flexibility index (Phi) is 1.73. The molecule has 2 rings (SSSR count). The van der Waals surface area contributed by atoms with Crippen LogP contribution in [0.1, 0.15) is 22.0 Å². The number of hydrogen-bond acceptors (Lipinski definition) is 3. The normalized spacial score (nSPS) is 10.7. The molecule has 14 heavy (non-hydrogen) atoms. The summed E-state index contributed by atoms with van der Waals surface area (Å²) in [5.74, 6) is -0.360. The van der Waals surface area contributed by atoms with Gasteiger partial charge >= 0.3 is 5.97 Å². The van der Waals surface area contributed by atoms with Crippen molar-refractivity contribution in [3.05, 3.63) is 29.5 Å². The minimum Gasteiger partial charge on any atom is -0.477 e. The Labute approximate surface area is 80.0 Å². The fourth-order valence-electron chi connectivity index (χ4n) is 1.48. The number of hydrogen-bond donors (Lipinski definition) is 1. The van der Waals surface area contributed by atoms with Gasteiger partial charge in [0.1, 0.15) is 11.5 Å². The SMILES string of the molecule is Cc1cc2ncc(C(=O)O)n2c(C)n1. The molecule has 0 aliphatic carbocycles. The third-order valence-corrected chi connectivity index (χ3v) is 2.01. The lowest BCUT2D eigenvalue weighted by Crippen LogP contribution is -2.06. The molecule has 2 aromatic rings. The zero-order valence-corrected chi connectivity index (χ0v) is 7.85. The quantitative estimate of drug-likeness (QED) is 0.731. The van der Waals surface area contributed by atoms with E-state index in [1.165, 1.54) is 10.6 Å². The first-order valence-corrected chi connectivity index (χ1v) is 4.14. The number of aromatic nitrogens is 3. The molecule has 0 unspecified atom stereocenters. The zero-order valence-electron chi connectivity index (χ0n) is 7.85. The third-order valence-electron chi connectivity index (χ3n) is 2.01. The Morgan fingerprint density at radius 2 is 2.21 bits per heavy atom. The number of nitrogens with zero attached hydrogens (tertiary/aromatic N) is 3. The highest BCUT2D eigenvalue weighted by Crippen LogP contribution is 2.10. The molecule has 0 aromatic carbocycles. The van der Waals surface area contributed by atoms with Crippen LogP contribution in [-0.4, -0.2) is 25.4 Å². The molecule has 2 heterocycles. The van der Waals surface area contributed by atoms with E-state index < -0.39 is 5.97 Å². The highest BCUT2D eigenvalue weighted by molar-refractivity contribution is 5.86. The van der Waals surface area contributed by atoms with Crippen molar-refractivity contribution in [2.75, 3.05) is 0 Å². The second kappa shape index (κ2) is 2.80. The Bertz CT molecular complexity index is 516. The lowest BCUT2D eigenvalue weighted by atomic mass is 10.4. The van der Waals surface area contributed by atoms with E-state index in [-0.39, 0.29) is 5.69 Å². The van der Waals surface area contributed by atoms with Gasteiger partial charge in [0.25, 0.3) is 0 Å². The molecule has 0 radical (unpaired) electrons. The predicted molar refractivity (Wildman–Crippen MR) is 49.4 cm³/mol. The van der Waals surface area contributed by atoms with E-state index in [2.05, 4.69) is 9.97 Å². The van der Waals surface area contributed by atoms with Crippen molar-refractivity contribution in [2.24, 2.45) is 0 Å². The monoisotopic (exact) mass is 191 g/mol. The molecule has 72 valence electrons. The first-order valence-electron chi connectivity index (χ1n) is 4.14. The van der Waals surface area contributed by atoms with E-state index in [0.29, 0.717) is 11.5 Å². The summed E-state index contributed by atoms with van der Waals surface area (Å²) in [6, 6.07) is 1.75. The molecular formula is C9H9N3O2. The molecule has 0 aliphatic rings. The molecule has 0 amide bonds. The van der Waals surface area contributed by atoms with Gasteiger partial charge in [-0.1, -0.05) is 0 Å². The van der Waals surface area contributed by atoms with Crippen molar-refractivity contribution in [1.82, 2.24) is 14.4 Å². The molecule has 0 aliphatic heterocycles. The van der Waals surface area contributed by atoms with E-state index in [0.717, 1.165) is 5.69 Å². The number of aromatic carboxylic acids is 1. The molecule has 2 aromatic heterocycles. The third kappa shape index (κ3) is 1.14. The van der Waals surface area contributed by atoms with Crippen LogP contribution in [-0.2, 0) is 0 Å².